The van der Waals surface area contributed by atoms with Crippen LogP contribution in [-0.2, 0) is 4.74 Å². The maximum Gasteiger partial charge on any atom is 0.339 e. The van der Waals surface area contributed by atoms with E-state index in [1.54, 1.807) is 13.0 Å². The molecule has 23 heavy (non-hydrogen) atoms. The summed E-state index contributed by atoms with van der Waals surface area (Å²) >= 11 is 0. The van der Waals surface area contributed by atoms with Crippen LogP contribution in [0, 0.1) is 10.1 Å². The molecule has 0 radical (unpaired) electrons. The molecule has 0 bridgehead atoms. The molecule has 118 valence electrons. The molecule has 2 rings (SSSR count). The summed E-state index contributed by atoms with van der Waals surface area (Å²) in [5.74, 6) is -2.04. The molecule has 0 aromatic heterocycles. The first-order valence-electron chi connectivity index (χ1n) is 6.68. The molecule has 2 aromatic rings. The number of aromatic carboxylic acids is 1. The minimum Gasteiger partial charge on any atom is -0.478 e. The zero-order valence-corrected chi connectivity index (χ0v) is 12.1. The van der Waals surface area contributed by atoms with Crippen molar-refractivity contribution in [3.8, 4) is 0 Å². The highest BCUT2D eigenvalue weighted by atomic mass is 16.6. The Morgan fingerprint density at radius 2 is 1.78 bits per heavy atom. The average Bonchev–Trinajstić information content (AvgIpc) is 2.54. The molecular weight excluding hydrogens is 302 g/mol. The molecular formula is C16H13NO6. The summed E-state index contributed by atoms with van der Waals surface area (Å²) in [5, 5.41) is 19.9. The zero-order valence-electron chi connectivity index (χ0n) is 12.1. The first-order valence-corrected chi connectivity index (χ1v) is 6.68. The third kappa shape index (κ3) is 3.70. The molecule has 0 aliphatic heterocycles. The van der Waals surface area contributed by atoms with E-state index < -0.39 is 23.0 Å². The molecule has 7 nitrogen and oxygen atoms in total. The van der Waals surface area contributed by atoms with E-state index in [2.05, 4.69) is 0 Å². The summed E-state index contributed by atoms with van der Waals surface area (Å²) in [6, 6.07) is 11.4. The summed E-state index contributed by atoms with van der Waals surface area (Å²) < 4.78 is 5.22. The van der Waals surface area contributed by atoms with Crippen LogP contribution in [0.4, 0.5) is 5.69 Å². The molecule has 7 heteroatoms. The number of benzene rings is 2. The summed E-state index contributed by atoms with van der Waals surface area (Å²) in [7, 11) is 0. The van der Waals surface area contributed by atoms with Crippen molar-refractivity contribution in [2.75, 3.05) is 0 Å². The molecule has 0 heterocycles. The minimum atomic E-state index is -1.24. The molecule has 0 fully saturated rings. The largest absolute Gasteiger partial charge is 0.478 e. The summed E-state index contributed by atoms with van der Waals surface area (Å²) in [5.41, 5.74) is 0.0951. The van der Waals surface area contributed by atoms with Gasteiger partial charge in [0, 0.05) is 12.1 Å². The van der Waals surface area contributed by atoms with Crippen LogP contribution < -0.4 is 0 Å². The van der Waals surface area contributed by atoms with Crippen molar-refractivity contribution >= 4 is 17.6 Å². The van der Waals surface area contributed by atoms with E-state index in [-0.39, 0.29) is 16.8 Å². The second-order valence-corrected chi connectivity index (χ2v) is 4.75. The number of carbonyl (C=O) groups is 2. The van der Waals surface area contributed by atoms with Crippen molar-refractivity contribution in [1.82, 2.24) is 0 Å². The Morgan fingerprint density at radius 1 is 1.13 bits per heavy atom. The number of carboxylic acids is 1. The topological polar surface area (TPSA) is 107 Å². The third-order valence-corrected chi connectivity index (χ3v) is 3.21. The van der Waals surface area contributed by atoms with Gasteiger partial charge in [0.15, 0.2) is 0 Å². The van der Waals surface area contributed by atoms with E-state index in [9.17, 15) is 19.7 Å². The van der Waals surface area contributed by atoms with Crippen LogP contribution in [0.5, 0.6) is 0 Å². The minimum absolute atomic E-state index is 0.0720. The maximum absolute atomic E-state index is 12.2. The van der Waals surface area contributed by atoms with Crippen LogP contribution in [0.25, 0.3) is 0 Å². The smallest absolute Gasteiger partial charge is 0.339 e. The van der Waals surface area contributed by atoms with Gasteiger partial charge in [-0.15, -0.1) is 0 Å². The van der Waals surface area contributed by atoms with Gasteiger partial charge in [0.2, 0.25) is 0 Å². The lowest BCUT2D eigenvalue weighted by Gasteiger charge is -2.14. The number of non-ortho nitro benzene ring substituents is 1. The summed E-state index contributed by atoms with van der Waals surface area (Å²) in [6.07, 6.45) is -0.760. The van der Waals surface area contributed by atoms with Crippen LogP contribution in [-0.4, -0.2) is 22.0 Å². The average molecular weight is 315 g/mol. The van der Waals surface area contributed by atoms with Crippen molar-refractivity contribution in [2.45, 2.75) is 13.0 Å². The van der Waals surface area contributed by atoms with Gasteiger partial charge in [0.25, 0.3) is 5.69 Å². The van der Waals surface area contributed by atoms with Crippen LogP contribution >= 0.6 is 0 Å². The van der Waals surface area contributed by atoms with E-state index in [0.29, 0.717) is 5.56 Å². The molecule has 0 aliphatic carbocycles. The number of ether oxygens (including phenoxy) is 1. The highest BCUT2D eigenvalue weighted by molar-refractivity contribution is 6.02. The Morgan fingerprint density at radius 3 is 2.39 bits per heavy atom. The number of esters is 1. The van der Waals surface area contributed by atoms with Gasteiger partial charge in [-0.2, -0.15) is 0 Å². The van der Waals surface area contributed by atoms with E-state index in [0.717, 1.165) is 0 Å². The van der Waals surface area contributed by atoms with Gasteiger partial charge in [-0.3, -0.25) is 10.1 Å². The molecule has 0 spiro atoms. The fourth-order valence-corrected chi connectivity index (χ4v) is 2.03. The highest BCUT2D eigenvalue weighted by Crippen LogP contribution is 2.23. The number of carbonyl (C=O) groups excluding carboxylic acids is 1. The lowest BCUT2D eigenvalue weighted by Crippen LogP contribution is -2.13. The normalized spacial score (nSPS) is 11.5. The molecule has 0 unspecified atom stereocenters. The molecule has 1 atom stereocenters. The van der Waals surface area contributed by atoms with Gasteiger partial charge in [-0.25, -0.2) is 9.59 Å². The number of rotatable bonds is 5. The molecule has 1 N–H and O–H groups in total. The SMILES string of the molecule is C[C@@H](OC(=O)c1ccccc1C(=O)O)c1cccc([N+](=O)[O-])c1. The van der Waals surface area contributed by atoms with Crippen molar-refractivity contribution in [2.24, 2.45) is 0 Å². The number of hydrogen-bond acceptors (Lipinski definition) is 5. The standard InChI is InChI=1S/C16H13NO6/c1-10(11-5-4-6-12(9-11)17(21)22)23-16(20)14-8-3-2-7-13(14)15(18)19/h2-10H,1H3,(H,18,19)/t10-/m1/s1. The van der Waals surface area contributed by atoms with Crippen LogP contribution in [0.1, 0.15) is 39.3 Å². The molecule has 0 aliphatic rings. The monoisotopic (exact) mass is 315 g/mol. The van der Waals surface area contributed by atoms with Crippen LogP contribution in [0.15, 0.2) is 48.5 Å². The van der Waals surface area contributed by atoms with Gasteiger partial charge in [0.1, 0.15) is 6.10 Å². The molecule has 2 aromatic carbocycles. The lowest BCUT2D eigenvalue weighted by molar-refractivity contribution is -0.385. The predicted molar refractivity (Wildman–Crippen MR) is 80.3 cm³/mol. The Balaban J connectivity index is 2.22. The number of carboxylic acid groups (broad SMARTS) is 1. The van der Waals surface area contributed by atoms with Gasteiger partial charge >= 0.3 is 11.9 Å². The Labute approximate surface area is 131 Å². The van der Waals surface area contributed by atoms with Crippen molar-refractivity contribution in [3.05, 3.63) is 75.3 Å². The van der Waals surface area contributed by atoms with Crippen molar-refractivity contribution in [1.29, 1.82) is 0 Å². The second-order valence-electron chi connectivity index (χ2n) is 4.75. The second kappa shape index (κ2) is 6.69. The number of nitro benzene ring substituents is 1. The Bertz CT molecular complexity index is 771. The quantitative estimate of drug-likeness (QED) is 0.516. The molecule has 0 amide bonds. The van der Waals surface area contributed by atoms with Gasteiger partial charge in [-0.05, 0) is 24.6 Å². The van der Waals surface area contributed by atoms with E-state index in [1.165, 1.54) is 42.5 Å². The van der Waals surface area contributed by atoms with Crippen LogP contribution in [0.2, 0.25) is 0 Å². The van der Waals surface area contributed by atoms with Crippen molar-refractivity contribution in [3.63, 3.8) is 0 Å². The maximum atomic E-state index is 12.2. The number of nitro groups is 1. The molecule has 0 saturated heterocycles. The zero-order chi connectivity index (χ0) is 17.0. The summed E-state index contributed by atoms with van der Waals surface area (Å²) in [6.45, 7) is 1.56. The third-order valence-electron chi connectivity index (χ3n) is 3.21. The van der Waals surface area contributed by atoms with E-state index in [4.69, 9.17) is 9.84 Å². The fraction of sp³-hybridized carbons (Fsp3) is 0.125. The molecule has 0 saturated carbocycles. The van der Waals surface area contributed by atoms with Crippen LogP contribution in [0.3, 0.4) is 0 Å². The first kappa shape index (κ1) is 16.2. The summed E-state index contributed by atoms with van der Waals surface area (Å²) in [4.78, 5) is 33.5. The fourth-order valence-electron chi connectivity index (χ4n) is 2.03. The van der Waals surface area contributed by atoms with E-state index in [1.807, 2.05) is 0 Å². The Kier molecular flexibility index (Phi) is 4.70. The van der Waals surface area contributed by atoms with Gasteiger partial charge in [-0.1, -0.05) is 24.3 Å². The number of hydrogen-bond donors (Lipinski definition) is 1. The van der Waals surface area contributed by atoms with E-state index >= 15 is 0 Å². The number of nitrogens with zero attached hydrogens (tertiary/aromatic N) is 1. The first-order chi connectivity index (χ1) is 10.9. The van der Waals surface area contributed by atoms with Gasteiger partial charge < -0.3 is 9.84 Å². The predicted octanol–water partition coefficient (Wildman–Crippen LogP) is 3.21. The highest BCUT2D eigenvalue weighted by Gasteiger charge is 2.20. The van der Waals surface area contributed by atoms with Gasteiger partial charge in [0.05, 0.1) is 16.1 Å². The van der Waals surface area contributed by atoms with Crippen molar-refractivity contribution < 1.29 is 24.4 Å². The Hall–Kier alpha value is -3.22. The lowest BCUT2D eigenvalue weighted by atomic mass is 10.1.